The van der Waals surface area contributed by atoms with E-state index in [1.807, 2.05) is 64.1 Å². The Kier molecular flexibility index (Phi) is 11.9. The first-order valence-electron chi connectivity index (χ1n) is 15.1. The maximum Gasteiger partial charge on any atom is 0.264 e. The summed E-state index contributed by atoms with van der Waals surface area (Å²) in [4.78, 5) is 30.0. The highest BCUT2D eigenvalue weighted by Crippen LogP contribution is 2.29. The molecule has 0 aromatic heterocycles. The Morgan fingerprint density at radius 1 is 0.826 bits per heavy atom. The third kappa shape index (κ3) is 8.49. The van der Waals surface area contributed by atoms with Gasteiger partial charge in [-0.2, -0.15) is 0 Å². The van der Waals surface area contributed by atoms with Crippen molar-refractivity contribution < 1.29 is 18.0 Å². The van der Waals surface area contributed by atoms with E-state index in [2.05, 4.69) is 5.32 Å². The van der Waals surface area contributed by atoms with E-state index >= 15 is 0 Å². The molecule has 4 aromatic carbocycles. The van der Waals surface area contributed by atoms with Gasteiger partial charge in [-0.1, -0.05) is 90.8 Å². The van der Waals surface area contributed by atoms with Crippen LogP contribution in [0.5, 0.6) is 0 Å². The smallest absolute Gasteiger partial charge is 0.264 e. The molecule has 0 radical (unpaired) electrons. The number of hydrogen-bond acceptors (Lipinski definition) is 4. The lowest BCUT2D eigenvalue weighted by Gasteiger charge is -2.34. The van der Waals surface area contributed by atoms with Gasteiger partial charge >= 0.3 is 0 Å². The van der Waals surface area contributed by atoms with Gasteiger partial charge in [-0.25, -0.2) is 8.42 Å². The Morgan fingerprint density at radius 2 is 1.43 bits per heavy atom. The summed E-state index contributed by atoms with van der Waals surface area (Å²) in [6, 6.07) is 26.5. The fourth-order valence-electron chi connectivity index (χ4n) is 4.98. The lowest BCUT2D eigenvalue weighted by Crippen LogP contribution is -2.54. The molecule has 0 aliphatic carbocycles. The number of amides is 2. The third-order valence-electron chi connectivity index (χ3n) is 8.05. The molecule has 46 heavy (non-hydrogen) atoms. The number of carbonyl (C=O) groups is 2. The third-order valence-corrected chi connectivity index (χ3v) is 10.5. The minimum Gasteiger partial charge on any atom is -0.352 e. The summed E-state index contributed by atoms with van der Waals surface area (Å²) in [5.41, 5.74) is 3.47. The van der Waals surface area contributed by atoms with Gasteiger partial charge in [-0.05, 0) is 80.3 Å². The zero-order valence-electron chi connectivity index (χ0n) is 26.4. The van der Waals surface area contributed by atoms with Crippen molar-refractivity contribution >= 4 is 50.7 Å². The van der Waals surface area contributed by atoms with E-state index in [0.29, 0.717) is 27.7 Å². The zero-order valence-corrected chi connectivity index (χ0v) is 28.7. The Hall–Kier alpha value is -3.85. The molecule has 242 valence electrons. The first-order valence-corrected chi connectivity index (χ1v) is 17.3. The van der Waals surface area contributed by atoms with Crippen molar-refractivity contribution in [1.82, 2.24) is 10.2 Å². The summed E-state index contributed by atoms with van der Waals surface area (Å²) >= 11 is 13.2. The molecular formula is C36H39Cl2N3O4S. The molecule has 2 amide bonds. The number of nitrogens with one attached hydrogen (secondary N) is 1. The van der Waals surface area contributed by atoms with Crippen molar-refractivity contribution in [2.75, 3.05) is 10.8 Å². The fraction of sp³-hybridized carbons (Fsp3) is 0.278. The predicted molar refractivity (Wildman–Crippen MR) is 186 cm³/mol. The molecule has 0 saturated carbocycles. The number of aryl methyl sites for hydroxylation is 2. The second kappa shape index (κ2) is 15.6. The topological polar surface area (TPSA) is 86.8 Å². The minimum absolute atomic E-state index is 0.0390. The number of hydrogen-bond donors (Lipinski definition) is 1. The lowest BCUT2D eigenvalue weighted by molar-refractivity contribution is -0.140. The van der Waals surface area contributed by atoms with Gasteiger partial charge < -0.3 is 10.2 Å². The highest BCUT2D eigenvalue weighted by molar-refractivity contribution is 7.92. The molecular weight excluding hydrogens is 641 g/mol. The number of nitrogens with zero attached hydrogens (tertiary/aromatic N) is 2. The number of sulfonamides is 1. The second-order valence-corrected chi connectivity index (χ2v) is 14.0. The molecule has 0 saturated heterocycles. The van der Waals surface area contributed by atoms with Gasteiger partial charge in [0.25, 0.3) is 10.0 Å². The van der Waals surface area contributed by atoms with Crippen molar-refractivity contribution in [3.8, 4) is 0 Å². The number of carbonyl (C=O) groups excluding carboxylic acids is 2. The molecule has 4 aromatic rings. The number of benzene rings is 4. The first kappa shape index (κ1) is 35.0. The van der Waals surface area contributed by atoms with Crippen LogP contribution in [0.25, 0.3) is 0 Å². The monoisotopic (exact) mass is 679 g/mol. The summed E-state index contributed by atoms with van der Waals surface area (Å²) in [5, 5.41) is 3.68. The van der Waals surface area contributed by atoms with Gasteiger partial charge in [0.05, 0.1) is 10.6 Å². The van der Waals surface area contributed by atoms with Gasteiger partial charge in [0.1, 0.15) is 12.6 Å². The van der Waals surface area contributed by atoms with Crippen LogP contribution >= 0.6 is 23.2 Å². The van der Waals surface area contributed by atoms with Gasteiger partial charge in [-0.15, -0.1) is 0 Å². The van der Waals surface area contributed by atoms with E-state index in [0.717, 1.165) is 21.0 Å². The molecule has 7 nitrogen and oxygen atoms in total. The van der Waals surface area contributed by atoms with Crippen LogP contribution in [0.3, 0.4) is 0 Å². The van der Waals surface area contributed by atoms with Gasteiger partial charge in [0, 0.05) is 34.6 Å². The summed E-state index contributed by atoms with van der Waals surface area (Å²) in [6.07, 6.45) is 0.871. The molecule has 0 spiro atoms. The Bertz CT molecular complexity index is 1750. The minimum atomic E-state index is -4.20. The SMILES string of the molecule is CC[C@H](C)NC(=O)[C@H](Cc1ccccc1)N(Cc1c(Cl)cccc1Cl)C(=O)CN(c1ccc(C)c(C)c1)S(=O)(=O)c1ccccc1. The molecule has 0 heterocycles. The number of rotatable bonds is 13. The molecule has 10 heteroatoms. The van der Waals surface area contributed by atoms with E-state index in [1.54, 1.807) is 48.5 Å². The fourth-order valence-corrected chi connectivity index (χ4v) is 6.92. The summed E-state index contributed by atoms with van der Waals surface area (Å²) < 4.78 is 29.4. The van der Waals surface area contributed by atoms with E-state index in [9.17, 15) is 18.0 Å². The number of anilines is 1. The molecule has 0 aliphatic heterocycles. The predicted octanol–water partition coefficient (Wildman–Crippen LogP) is 7.36. The largest absolute Gasteiger partial charge is 0.352 e. The van der Waals surface area contributed by atoms with Crippen molar-refractivity contribution in [3.63, 3.8) is 0 Å². The summed E-state index contributed by atoms with van der Waals surface area (Å²) in [7, 11) is -4.20. The molecule has 0 bridgehead atoms. The molecule has 0 fully saturated rings. The zero-order chi connectivity index (χ0) is 33.4. The summed E-state index contributed by atoms with van der Waals surface area (Å²) in [5.74, 6) is -0.952. The molecule has 2 atom stereocenters. The van der Waals surface area contributed by atoms with Crippen LogP contribution in [0.2, 0.25) is 10.0 Å². The Labute approximate surface area is 282 Å². The number of halogens is 2. The average molecular weight is 681 g/mol. The van der Waals surface area contributed by atoms with Gasteiger partial charge in [-0.3, -0.25) is 13.9 Å². The second-order valence-electron chi connectivity index (χ2n) is 11.3. The van der Waals surface area contributed by atoms with Crippen molar-refractivity contribution in [1.29, 1.82) is 0 Å². The van der Waals surface area contributed by atoms with Crippen LogP contribution in [0.1, 0.15) is 42.5 Å². The highest BCUT2D eigenvalue weighted by atomic mass is 35.5. The van der Waals surface area contributed by atoms with Crippen LogP contribution in [0.15, 0.2) is 102 Å². The van der Waals surface area contributed by atoms with Gasteiger partial charge in [0.2, 0.25) is 11.8 Å². The van der Waals surface area contributed by atoms with Crippen molar-refractivity contribution in [3.05, 3.63) is 129 Å². The first-order chi connectivity index (χ1) is 21.9. The highest BCUT2D eigenvalue weighted by Gasteiger charge is 2.35. The van der Waals surface area contributed by atoms with E-state index in [1.165, 1.54) is 17.0 Å². The molecule has 0 unspecified atom stereocenters. The average Bonchev–Trinajstić information content (AvgIpc) is 3.04. The Morgan fingerprint density at radius 3 is 2.02 bits per heavy atom. The maximum absolute atomic E-state index is 14.6. The van der Waals surface area contributed by atoms with Crippen LogP contribution in [-0.4, -0.2) is 43.8 Å². The van der Waals surface area contributed by atoms with E-state index in [4.69, 9.17) is 23.2 Å². The molecule has 4 rings (SSSR count). The van der Waals surface area contributed by atoms with E-state index in [-0.39, 0.29) is 29.8 Å². The standard InChI is InChI=1S/C36H39Cl2N3O4S/c1-5-27(4)39-36(43)34(22-28-13-8-6-9-14-28)40(23-31-32(37)17-12-18-33(31)38)35(42)24-41(29-20-19-25(2)26(3)21-29)46(44,45)30-15-10-7-11-16-30/h6-21,27,34H,5,22-24H2,1-4H3,(H,39,43)/t27-,34-/m0/s1. The molecule has 0 aliphatic rings. The maximum atomic E-state index is 14.6. The van der Waals surface area contributed by atoms with Crippen molar-refractivity contribution in [2.24, 2.45) is 0 Å². The Balaban J connectivity index is 1.85. The van der Waals surface area contributed by atoms with E-state index < -0.39 is 28.5 Å². The quantitative estimate of drug-likeness (QED) is 0.160. The van der Waals surface area contributed by atoms with Crippen LogP contribution in [0.4, 0.5) is 5.69 Å². The lowest BCUT2D eigenvalue weighted by atomic mass is 10.0. The van der Waals surface area contributed by atoms with Crippen molar-refractivity contribution in [2.45, 2.75) is 64.1 Å². The normalized spacial score (nSPS) is 12.7. The molecule has 1 N–H and O–H groups in total. The van der Waals surface area contributed by atoms with Gasteiger partial charge in [0.15, 0.2) is 0 Å². The van der Waals surface area contributed by atoms with Crippen LogP contribution < -0.4 is 9.62 Å². The van der Waals surface area contributed by atoms with Crippen LogP contribution in [-0.2, 0) is 32.6 Å². The summed E-state index contributed by atoms with van der Waals surface area (Å²) in [6.45, 7) is 6.98. The van der Waals surface area contributed by atoms with Crippen LogP contribution in [0, 0.1) is 13.8 Å².